The molecular weight excluding hydrogens is 258 g/mol. The second kappa shape index (κ2) is 6.92. The number of carbonyl (C=O) groups excluding carboxylic acids is 1. The van der Waals surface area contributed by atoms with Crippen molar-refractivity contribution in [2.45, 2.75) is 51.1 Å². The van der Waals surface area contributed by atoms with E-state index in [0.717, 1.165) is 19.4 Å². The van der Waals surface area contributed by atoms with E-state index in [4.69, 9.17) is 0 Å². The van der Waals surface area contributed by atoms with Gasteiger partial charge in [0.05, 0.1) is 0 Å². The average Bonchev–Trinajstić information content (AvgIpc) is 2.81. The third-order valence-corrected chi connectivity index (χ3v) is 4.47. The molecule has 0 aromatic carbocycles. The van der Waals surface area contributed by atoms with Gasteiger partial charge in [-0.3, -0.25) is 0 Å². The minimum Gasteiger partial charge on any atom is -0.480 e. The molecule has 1 rings (SSSR count). The fraction of sp³-hybridized carbons (Fsp3) is 0.857. The van der Waals surface area contributed by atoms with Crippen molar-refractivity contribution in [3.8, 4) is 0 Å². The van der Waals surface area contributed by atoms with Gasteiger partial charge in [-0.15, -0.1) is 0 Å². The minimum absolute atomic E-state index is 0.309. The van der Waals surface area contributed by atoms with Crippen LogP contribution in [-0.2, 0) is 4.79 Å². The molecule has 0 aromatic rings. The van der Waals surface area contributed by atoms with Gasteiger partial charge in [0.1, 0.15) is 5.54 Å². The Morgan fingerprint density at radius 3 is 2.40 bits per heavy atom. The van der Waals surface area contributed by atoms with Crippen LogP contribution in [0.1, 0.15) is 39.5 Å². The van der Waals surface area contributed by atoms with Crippen LogP contribution in [0.25, 0.3) is 0 Å². The standard InChI is InChI=1S/C14H27N3O3/c1-5-14(6-2,12(18)19)15-13(20)17(4)10-11-8-7-9-16(11)3/h11H,5-10H2,1-4H3,(H,15,20)(H,18,19). The molecule has 0 saturated carbocycles. The molecule has 0 spiro atoms. The van der Waals surface area contributed by atoms with Gasteiger partial charge in [-0.05, 0) is 39.3 Å². The Morgan fingerprint density at radius 1 is 1.40 bits per heavy atom. The smallest absolute Gasteiger partial charge is 0.329 e. The highest BCUT2D eigenvalue weighted by atomic mass is 16.4. The molecule has 1 aliphatic heterocycles. The molecule has 1 aliphatic rings. The predicted molar refractivity (Wildman–Crippen MR) is 77.8 cm³/mol. The molecule has 1 saturated heterocycles. The maximum Gasteiger partial charge on any atom is 0.329 e. The van der Waals surface area contributed by atoms with Gasteiger partial charge in [-0.1, -0.05) is 13.8 Å². The van der Waals surface area contributed by atoms with Crippen molar-refractivity contribution in [2.75, 3.05) is 27.2 Å². The number of likely N-dealkylation sites (tertiary alicyclic amines) is 1. The van der Waals surface area contributed by atoms with Crippen molar-refractivity contribution in [3.05, 3.63) is 0 Å². The van der Waals surface area contributed by atoms with Crippen LogP contribution in [0.2, 0.25) is 0 Å². The Kier molecular flexibility index (Phi) is 5.80. The van der Waals surface area contributed by atoms with Gasteiger partial charge in [-0.2, -0.15) is 0 Å². The number of nitrogens with one attached hydrogen (secondary N) is 1. The lowest BCUT2D eigenvalue weighted by molar-refractivity contribution is -0.144. The molecule has 20 heavy (non-hydrogen) atoms. The first-order chi connectivity index (χ1) is 9.36. The number of nitrogens with zero attached hydrogens (tertiary/aromatic N) is 2. The van der Waals surface area contributed by atoms with Gasteiger partial charge in [0.25, 0.3) is 0 Å². The van der Waals surface area contributed by atoms with Crippen LogP contribution < -0.4 is 5.32 Å². The van der Waals surface area contributed by atoms with Crippen molar-refractivity contribution in [3.63, 3.8) is 0 Å². The number of aliphatic carboxylic acids is 1. The van der Waals surface area contributed by atoms with E-state index >= 15 is 0 Å². The molecule has 6 nitrogen and oxygen atoms in total. The van der Waals surface area contributed by atoms with E-state index in [0.29, 0.717) is 25.4 Å². The number of amides is 2. The van der Waals surface area contributed by atoms with E-state index in [1.165, 1.54) is 0 Å². The zero-order valence-corrected chi connectivity index (χ0v) is 13.0. The highest BCUT2D eigenvalue weighted by molar-refractivity contribution is 5.86. The summed E-state index contributed by atoms with van der Waals surface area (Å²) in [6, 6.07) is 0.0598. The summed E-state index contributed by atoms with van der Waals surface area (Å²) in [5.41, 5.74) is -1.16. The van der Waals surface area contributed by atoms with E-state index < -0.39 is 11.5 Å². The van der Waals surface area contributed by atoms with E-state index in [1.807, 2.05) is 0 Å². The number of likely N-dealkylation sites (N-methyl/N-ethyl adjacent to an activating group) is 2. The van der Waals surface area contributed by atoms with Gasteiger partial charge >= 0.3 is 12.0 Å². The van der Waals surface area contributed by atoms with E-state index in [2.05, 4.69) is 17.3 Å². The molecule has 2 amide bonds. The van der Waals surface area contributed by atoms with Gasteiger partial charge in [0.2, 0.25) is 0 Å². The van der Waals surface area contributed by atoms with Crippen molar-refractivity contribution in [1.82, 2.24) is 15.1 Å². The number of carboxylic acid groups (broad SMARTS) is 1. The van der Waals surface area contributed by atoms with Crippen LogP contribution >= 0.6 is 0 Å². The third kappa shape index (κ3) is 3.62. The van der Waals surface area contributed by atoms with Crippen molar-refractivity contribution in [1.29, 1.82) is 0 Å². The zero-order chi connectivity index (χ0) is 15.3. The highest BCUT2D eigenvalue weighted by Crippen LogP contribution is 2.18. The topological polar surface area (TPSA) is 72.9 Å². The number of rotatable bonds is 6. The minimum atomic E-state index is -1.16. The SMILES string of the molecule is CCC(CC)(NC(=O)N(C)CC1CCCN1C)C(=O)O. The first-order valence-electron chi connectivity index (χ1n) is 7.33. The van der Waals surface area contributed by atoms with Gasteiger partial charge in [0.15, 0.2) is 0 Å². The van der Waals surface area contributed by atoms with Gasteiger partial charge in [0, 0.05) is 19.6 Å². The summed E-state index contributed by atoms with van der Waals surface area (Å²) in [6.45, 7) is 5.25. The lowest BCUT2D eigenvalue weighted by Gasteiger charge is -2.32. The zero-order valence-electron chi connectivity index (χ0n) is 13.0. The molecule has 1 unspecified atom stereocenters. The highest BCUT2D eigenvalue weighted by Gasteiger charge is 2.37. The van der Waals surface area contributed by atoms with Crippen molar-refractivity contribution < 1.29 is 14.7 Å². The predicted octanol–water partition coefficient (Wildman–Crippen LogP) is 1.37. The molecule has 1 fully saturated rings. The normalized spacial score (nSPS) is 19.9. The molecular formula is C14H27N3O3. The maximum atomic E-state index is 12.2. The van der Waals surface area contributed by atoms with E-state index in [1.54, 1.807) is 25.8 Å². The molecule has 0 bridgehead atoms. The Morgan fingerprint density at radius 2 is 2.00 bits per heavy atom. The summed E-state index contributed by atoms with van der Waals surface area (Å²) in [5, 5.41) is 12.0. The Hall–Kier alpha value is -1.30. The maximum absolute atomic E-state index is 12.2. The number of urea groups is 1. The second-order valence-electron chi connectivity index (χ2n) is 5.68. The molecule has 1 atom stereocenters. The fourth-order valence-electron chi connectivity index (χ4n) is 2.69. The Bertz CT molecular complexity index is 356. The second-order valence-corrected chi connectivity index (χ2v) is 5.68. The molecule has 1 heterocycles. The van der Waals surface area contributed by atoms with E-state index in [9.17, 15) is 14.7 Å². The Labute approximate surface area is 121 Å². The summed E-state index contributed by atoms with van der Waals surface area (Å²) in [5.74, 6) is -0.970. The molecule has 2 N–H and O–H groups in total. The van der Waals surface area contributed by atoms with Crippen molar-refractivity contribution >= 4 is 12.0 Å². The largest absolute Gasteiger partial charge is 0.480 e. The van der Waals surface area contributed by atoms with Gasteiger partial charge in [-0.25, -0.2) is 9.59 Å². The lowest BCUT2D eigenvalue weighted by Crippen LogP contribution is -2.57. The van der Waals surface area contributed by atoms with Crippen LogP contribution in [0.5, 0.6) is 0 Å². The van der Waals surface area contributed by atoms with Crippen LogP contribution in [0, 0.1) is 0 Å². The van der Waals surface area contributed by atoms with Crippen LogP contribution in [0.3, 0.4) is 0 Å². The number of hydrogen-bond donors (Lipinski definition) is 2. The summed E-state index contributed by atoms with van der Waals surface area (Å²) < 4.78 is 0. The molecule has 0 aliphatic carbocycles. The molecule has 6 heteroatoms. The van der Waals surface area contributed by atoms with E-state index in [-0.39, 0.29) is 6.03 Å². The van der Waals surface area contributed by atoms with Gasteiger partial charge < -0.3 is 20.2 Å². The first kappa shape index (κ1) is 16.8. The molecule has 0 radical (unpaired) electrons. The van der Waals surface area contributed by atoms with Crippen LogP contribution in [0.15, 0.2) is 0 Å². The number of hydrogen-bond acceptors (Lipinski definition) is 3. The summed E-state index contributed by atoms with van der Waals surface area (Å²) in [4.78, 5) is 27.4. The third-order valence-electron chi connectivity index (χ3n) is 4.47. The summed E-state index contributed by atoms with van der Waals surface area (Å²) >= 11 is 0. The average molecular weight is 285 g/mol. The molecule has 0 aromatic heterocycles. The van der Waals surface area contributed by atoms with Crippen LogP contribution in [0.4, 0.5) is 4.79 Å². The lowest BCUT2D eigenvalue weighted by atomic mass is 9.93. The quantitative estimate of drug-likeness (QED) is 0.773. The first-order valence-corrected chi connectivity index (χ1v) is 7.33. The number of carbonyl (C=O) groups is 2. The Balaban J connectivity index is 2.62. The van der Waals surface area contributed by atoms with Crippen LogP contribution in [-0.4, -0.2) is 65.7 Å². The van der Waals surface area contributed by atoms with Crippen molar-refractivity contribution in [2.24, 2.45) is 0 Å². The molecule has 116 valence electrons. The summed E-state index contributed by atoms with van der Waals surface area (Å²) in [7, 11) is 3.78. The number of carboxylic acids is 1. The monoisotopic (exact) mass is 285 g/mol. The fourth-order valence-corrected chi connectivity index (χ4v) is 2.69. The summed E-state index contributed by atoms with van der Waals surface area (Å²) in [6.07, 6.45) is 2.99.